The maximum atomic E-state index is 12.7. The van der Waals surface area contributed by atoms with Crippen molar-refractivity contribution >= 4 is 16.9 Å². The van der Waals surface area contributed by atoms with Gasteiger partial charge in [0.05, 0.1) is 24.0 Å². The fourth-order valence-corrected chi connectivity index (χ4v) is 3.48. The molecule has 0 unspecified atom stereocenters. The first-order valence-electron chi connectivity index (χ1n) is 9.99. The predicted molar refractivity (Wildman–Crippen MR) is 118 cm³/mol. The highest BCUT2D eigenvalue weighted by Crippen LogP contribution is 2.15. The van der Waals surface area contributed by atoms with Crippen molar-refractivity contribution in [3.8, 4) is 5.69 Å². The van der Waals surface area contributed by atoms with E-state index in [1.807, 2.05) is 65.5 Å². The summed E-state index contributed by atoms with van der Waals surface area (Å²) in [6.07, 6.45) is 6.97. The number of nitrogens with zero attached hydrogens (tertiary/aromatic N) is 5. The molecule has 7 nitrogen and oxygen atoms in total. The minimum atomic E-state index is -0.172. The van der Waals surface area contributed by atoms with E-state index in [0.29, 0.717) is 18.7 Å². The van der Waals surface area contributed by atoms with Crippen molar-refractivity contribution in [1.29, 1.82) is 0 Å². The molecular weight excluding hydrogens is 388 g/mol. The van der Waals surface area contributed by atoms with Crippen LogP contribution in [0.4, 0.5) is 0 Å². The molecule has 1 amide bonds. The Hall–Kier alpha value is -4.26. The molecule has 0 bridgehead atoms. The van der Waals surface area contributed by atoms with E-state index >= 15 is 0 Å². The number of pyridine rings is 1. The summed E-state index contributed by atoms with van der Waals surface area (Å²) in [5, 5.41) is 12.5. The summed E-state index contributed by atoms with van der Waals surface area (Å²) in [6, 6.07) is 21.7. The largest absolute Gasteiger partial charge is 0.348 e. The van der Waals surface area contributed by atoms with Crippen LogP contribution in [0.1, 0.15) is 21.5 Å². The Morgan fingerprint density at radius 3 is 2.61 bits per heavy atom. The summed E-state index contributed by atoms with van der Waals surface area (Å²) >= 11 is 0. The van der Waals surface area contributed by atoms with Crippen LogP contribution in [0.15, 0.2) is 91.5 Å². The van der Waals surface area contributed by atoms with Gasteiger partial charge in [-0.15, -0.1) is 0 Å². The summed E-state index contributed by atoms with van der Waals surface area (Å²) in [4.78, 5) is 17.2. The average molecular weight is 408 g/mol. The normalized spacial score (nSPS) is 11.0. The zero-order valence-electron chi connectivity index (χ0n) is 16.7. The number of fused-ring (bicyclic) bond motifs is 1. The smallest absolute Gasteiger partial charge is 0.253 e. The summed E-state index contributed by atoms with van der Waals surface area (Å²) in [5.74, 6) is -0.172. The molecule has 0 aliphatic carbocycles. The summed E-state index contributed by atoms with van der Waals surface area (Å²) in [6.45, 7) is 1.05. The molecule has 0 saturated carbocycles. The summed E-state index contributed by atoms with van der Waals surface area (Å²) in [7, 11) is 0. The topological polar surface area (TPSA) is 77.6 Å². The van der Waals surface area contributed by atoms with Gasteiger partial charge in [-0.2, -0.15) is 10.2 Å². The molecule has 7 heteroatoms. The van der Waals surface area contributed by atoms with Crippen LogP contribution < -0.4 is 5.32 Å². The Labute approximate surface area is 179 Å². The van der Waals surface area contributed by atoms with Crippen LogP contribution in [0.3, 0.4) is 0 Å². The van der Waals surface area contributed by atoms with Gasteiger partial charge in [-0.3, -0.25) is 4.79 Å². The van der Waals surface area contributed by atoms with Gasteiger partial charge >= 0.3 is 0 Å². The number of aromatic nitrogens is 5. The molecule has 0 aliphatic rings. The lowest BCUT2D eigenvalue weighted by molar-refractivity contribution is 0.0950. The molecule has 1 N–H and O–H groups in total. The number of hydrogen-bond donors (Lipinski definition) is 1. The van der Waals surface area contributed by atoms with Crippen molar-refractivity contribution in [2.75, 3.05) is 0 Å². The summed E-state index contributed by atoms with van der Waals surface area (Å²) in [5.41, 5.74) is 4.35. The first kappa shape index (κ1) is 18.7. The van der Waals surface area contributed by atoms with Crippen LogP contribution in [0, 0.1) is 0 Å². The van der Waals surface area contributed by atoms with Crippen LogP contribution in [0.5, 0.6) is 0 Å². The highest BCUT2D eigenvalue weighted by Gasteiger charge is 2.11. The van der Waals surface area contributed by atoms with Crippen molar-refractivity contribution in [1.82, 2.24) is 29.9 Å². The predicted octanol–water partition coefficient (Wildman–Crippen LogP) is 3.60. The Morgan fingerprint density at radius 1 is 0.903 bits per heavy atom. The van der Waals surface area contributed by atoms with Crippen molar-refractivity contribution in [3.05, 3.63) is 108 Å². The van der Waals surface area contributed by atoms with Crippen LogP contribution in [-0.2, 0) is 13.1 Å². The summed E-state index contributed by atoms with van der Waals surface area (Å²) < 4.78 is 3.63. The number of carbonyl (C=O) groups is 1. The minimum Gasteiger partial charge on any atom is -0.348 e. The van der Waals surface area contributed by atoms with Gasteiger partial charge in [0.15, 0.2) is 5.65 Å². The fraction of sp³-hybridized carbons (Fsp3) is 0.0833. The van der Waals surface area contributed by atoms with E-state index in [4.69, 9.17) is 0 Å². The van der Waals surface area contributed by atoms with Crippen molar-refractivity contribution in [2.24, 2.45) is 0 Å². The van der Waals surface area contributed by atoms with Gasteiger partial charge in [0.25, 0.3) is 5.91 Å². The van der Waals surface area contributed by atoms with Crippen molar-refractivity contribution in [3.63, 3.8) is 0 Å². The molecule has 31 heavy (non-hydrogen) atoms. The lowest BCUT2D eigenvalue weighted by Crippen LogP contribution is -2.23. The molecule has 5 rings (SSSR count). The Bertz CT molecular complexity index is 1320. The Kier molecular flexibility index (Phi) is 4.98. The zero-order valence-corrected chi connectivity index (χ0v) is 16.7. The van der Waals surface area contributed by atoms with Gasteiger partial charge in [-0.05, 0) is 35.4 Å². The lowest BCUT2D eigenvalue weighted by atomic mass is 10.2. The Morgan fingerprint density at radius 2 is 1.77 bits per heavy atom. The fourth-order valence-electron chi connectivity index (χ4n) is 3.48. The van der Waals surface area contributed by atoms with Crippen LogP contribution in [0.25, 0.3) is 16.7 Å². The maximum Gasteiger partial charge on any atom is 0.253 e. The lowest BCUT2D eigenvalue weighted by Gasteiger charge is -2.08. The highest BCUT2D eigenvalue weighted by atomic mass is 16.1. The molecule has 0 fully saturated rings. The molecule has 3 heterocycles. The molecule has 0 atom stereocenters. The number of benzene rings is 2. The third-order valence-corrected chi connectivity index (χ3v) is 5.05. The molecule has 2 aromatic carbocycles. The van der Waals surface area contributed by atoms with E-state index < -0.39 is 0 Å². The Balaban J connectivity index is 1.29. The first-order valence-corrected chi connectivity index (χ1v) is 9.99. The molecule has 0 aliphatic heterocycles. The quantitative estimate of drug-likeness (QED) is 0.466. The van der Waals surface area contributed by atoms with Gasteiger partial charge in [-0.1, -0.05) is 42.5 Å². The van der Waals surface area contributed by atoms with Gasteiger partial charge in [0, 0.05) is 30.5 Å². The molecule has 5 aromatic rings. The van der Waals surface area contributed by atoms with Gasteiger partial charge in [-0.25, -0.2) is 14.3 Å². The minimum absolute atomic E-state index is 0.172. The van der Waals surface area contributed by atoms with E-state index in [1.54, 1.807) is 23.3 Å². The van der Waals surface area contributed by atoms with E-state index in [9.17, 15) is 4.79 Å². The zero-order chi connectivity index (χ0) is 21.0. The van der Waals surface area contributed by atoms with Crippen LogP contribution >= 0.6 is 0 Å². The second-order valence-corrected chi connectivity index (χ2v) is 7.23. The number of nitrogens with one attached hydrogen (secondary N) is 1. The molecule has 3 aromatic heterocycles. The highest BCUT2D eigenvalue weighted by molar-refractivity contribution is 5.96. The molecule has 0 radical (unpaired) electrons. The number of rotatable bonds is 6. The third kappa shape index (κ3) is 4.06. The number of amides is 1. The first-order chi connectivity index (χ1) is 15.3. The van der Waals surface area contributed by atoms with Crippen LogP contribution in [-0.4, -0.2) is 30.5 Å². The second kappa shape index (κ2) is 8.23. The average Bonchev–Trinajstić information content (AvgIpc) is 3.49. The molecular formula is C24H20N6O. The SMILES string of the molecule is O=C(NCc1cccc(-n2cccn2)c1)c1cnc2c(cnn2Cc2ccccc2)c1. The monoisotopic (exact) mass is 408 g/mol. The number of hydrogen-bond acceptors (Lipinski definition) is 4. The van der Waals surface area contributed by atoms with Gasteiger partial charge < -0.3 is 5.32 Å². The van der Waals surface area contributed by atoms with E-state index in [-0.39, 0.29) is 5.91 Å². The third-order valence-electron chi connectivity index (χ3n) is 5.05. The van der Waals surface area contributed by atoms with E-state index in [2.05, 4.69) is 32.6 Å². The maximum absolute atomic E-state index is 12.7. The molecule has 0 spiro atoms. The van der Waals surface area contributed by atoms with Gasteiger partial charge in [0.2, 0.25) is 0 Å². The van der Waals surface area contributed by atoms with Crippen molar-refractivity contribution < 1.29 is 4.79 Å². The van der Waals surface area contributed by atoms with Crippen molar-refractivity contribution in [2.45, 2.75) is 13.1 Å². The molecule has 0 saturated heterocycles. The second-order valence-electron chi connectivity index (χ2n) is 7.23. The van der Waals surface area contributed by atoms with Crippen LogP contribution in [0.2, 0.25) is 0 Å². The number of carbonyl (C=O) groups excluding carboxylic acids is 1. The van der Waals surface area contributed by atoms with E-state index in [0.717, 1.165) is 27.8 Å². The van der Waals surface area contributed by atoms with E-state index in [1.165, 1.54) is 0 Å². The van der Waals surface area contributed by atoms with Gasteiger partial charge in [0.1, 0.15) is 0 Å². The standard InChI is InChI=1S/C24H20N6O/c31-24(26-14-19-8-4-9-22(12-19)29-11-5-10-27-29)21-13-20-16-28-30(23(20)25-15-21)17-18-6-2-1-3-7-18/h1-13,15-16H,14,17H2,(H,26,31). The molecule has 152 valence electrons.